The Hall–Kier alpha value is -3.26. The molecule has 1 amide bonds. The van der Waals surface area contributed by atoms with E-state index in [1.165, 1.54) is 37.1 Å². The molecule has 4 rings (SSSR count). The average Bonchev–Trinajstić information content (AvgIpc) is 3.36. The topological polar surface area (TPSA) is 93.3 Å². The van der Waals surface area contributed by atoms with E-state index in [0.29, 0.717) is 11.3 Å². The highest BCUT2D eigenvalue weighted by Crippen LogP contribution is 2.23. The molecule has 0 spiro atoms. The third kappa shape index (κ3) is 4.18. The smallest absolute Gasteiger partial charge is 0.269 e. The summed E-state index contributed by atoms with van der Waals surface area (Å²) in [5.74, 6) is 0.752. The van der Waals surface area contributed by atoms with E-state index in [0.717, 1.165) is 49.5 Å². The summed E-state index contributed by atoms with van der Waals surface area (Å²) in [4.78, 5) is 30.1. The molecule has 0 radical (unpaired) electrons. The van der Waals surface area contributed by atoms with Crippen molar-refractivity contribution in [2.75, 3.05) is 18.4 Å². The van der Waals surface area contributed by atoms with Crippen LogP contribution in [0.4, 0.5) is 11.4 Å². The summed E-state index contributed by atoms with van der Waals surface area (Å²) >= 11 is 0. The van der Waals surface area contributed by atoms with Crippen molar-refractivity contribution in [3.63, 3.8) is 0 Å². The van der Waals surface area contributed by atoms with Crippen molar-refractivity contribution in [2.24, 2.45) is 0 Å². The minimum Gasteiger partial charge on any atom is -0.327 e. The molecule has 1 aliphatic heterocycles. The van der Waals surface area contributed by atoms with E-state index in [4.69, 9.17) is 4.98 Å². The number of aryl methyl sites for hydroxylation is 1. The molecule has 0 aliphatic carbocycles. The number of amides is 1. The van der Waals surface area contributed by atoms with E-state index in [2.05, 4.69) is 21.7 Å². The first-order valence-corrected chi connectivity index (χ1v) is 10.3. The molecule has 1 saturated heterocycles. The molecular weight excluding hydrogens is 382 g/mol. The molecule has 1 aliphatic rings. The third-order valence-electron chi connectivity index (χ3n) is 5.44. The first kappa shape index (κ1) is 20.0. The number of anilines is 1. The van der Waals surface area contributed by atoms with Gasteiger partial charge in [-0.15, -0.1) is 0 Å². The second-order valence-corrected chi connectivity index (χ2v) is 7.62. The number of nitrogens with one attached hydrogen (secondary N) is 1. The monoisotopic (exact) mass is 407 g/mol. The number of aromatic nitrogens is 2. The van der Waals surface area contributed by atoms with Crippen molar-refractivity contribution in [1.29, 1.82) is 0 Å². The van der Waals surface area contributed by atoms with Crippen LogP contribution >= 0.6 is 0 Å². The number of carbonyl (C=O) groups excluding carboxylic acids is 1. The Morgan fingerprint density at radius 2 is 1.90 bits per heavy atom. The number of hydrogen-bond acceptors (Lipinski definition) is 5. The molecule has 0 unspecified atom stereocenters. The molecule has 1 aromatic heterocycles. The Kier molecular flexibility index (Phi) is 5.76. The van der Waals surface area contributed by atoms with Gasteiger partial charge in [-0.05, 0) is 62.7 Å². The van der Waals surface area contributed by atoms with E-state index < -0.39 is 4.92 Å². The lowest BCUT2D eigenvalue weighted by Gasteiger charge is -2.15. The number of nitro groups is 1. The Bertz CT molecular complexity index is 1070. The zero-order chi connectivity index (χ0) is 21.1. The first-order valence-electron chi connectivity index (χ1n) is 10.3. The van der Waals surface area contributed by atoms with Gasteiger partial charge in [0, 0.05) is 29.9 Å². The predicted molar refractivity (Wildman–Crippen MR) is 116 cm³/mol. The molecule has 0 saturated carbocycles. The molecule has 2 aromatic carbocycles. The molecule has 3 aromatic rings. The fourth-order valence-electron chi connectivity index (χ4n) is 3.93. The molecule has 0 bridgehead atoms. The van der Waals surface area contributed by atoms with E-state index in [-0.39, 0.29) is 11.6 Å². The number of nitro benzene ring substituents is 1. The van der Waals surface area contributed by atoms with E-state index in [1.807, 2.05) is 18.2 Å². The van der Waals surface area contributed by atoms with Crippen LogP contribution in [0.15, 0.2) is 42.5 Å². The summed E-state index contributed by atoms with van der Waals surface area (Å²) in [6, 6.07) is 11.3. The zero-order valence-electron chi connectivity index (χ0n) is 17.0. The fraction of sp³-hybridized carbons (Fsp3) is 0.364. The van der Waals surface area contributed by atoms with E-state index >= 15 is 0 Å². The lowest BCUT2D eigenvalue weighted by molar-refractivity contribution is -0.384. The highest BCUT2D eigenvalue weighted by atomic mass is 16.6. The number of non-ortho nitro benzene ring substituents is 1. The average molecular weight is 407 g/mol. The van der Waals surface area contributed by atoms with Crippen LogP contribution < -0.4 is 5.32 Å². The lowest BCUT2D eigenvalue weighted by Crippen LogP contribution is -2.21. The Balaban J connectivity index is 1.56. The lowest BCUT2D eigenvalue weighted by atomic mass is 10.2. The number of likely N-dealkylation sites (tertiary alicyclic amines) is 1. The number of imidazole rings is 1. The van der Waals surface area contributed by atoms with Gasteiger partial charge in [0.2, 0.25) is 0 Å². The quantitative estimate of drug-likeness (QED) is 0.468. The van der Waals surface area contributed by atoms with Gasteiger partial charge in [-0.2, -0.15) is 0 Å². The highest BCUT2D eigenvalue weighted by molar-refractivity contribution is 6.05. The van der Waals surface area contributed by atoms with Crippen molar-refractivity contribution in [1.82, 2.24) is 14.5 Å². The van der Waals surface area contributed by atoms with Crippen LogP contribution in [0.25, 0.3) is 11.0 Å². The summed E-state index contributed by atoms with van der Waals surface area (Å²) in [5.41, 5.74) is 2.91. The molecule has 1 fully saturated rings. The maximum absolute atomic E-state index is 12.5. The highest BCUT2D eigenvalue weighted by Gasteiger charge is 2.18. The van der Waals surface area contributed by atoms with Crippen molar-refractivity contribution in [2.45, 2.75) is 39.3 Å². The number of nitrogens with zero attached hydrogens (tertiary/aromatic N) is 4. The summed E-state index contributed by atoms with van der Waals surface area (Å²) in [7, 11) is 0. The number of carbonyl (C=O) groups is 1. The van der Waals surface area contributed by atoms with E-state index in [9.17, 15) is 14.9 Å². The van der Waals surface area contributed by atoms with Gasteiger partial charge in [0.15, 0.2) is 0 Å². The molecule has 8 nitrogen and oxygen atoms in total. The van der Waals surface area contributed by atoms with Crippen LogP contribution in [0.2, 0.25) is 0 Å². The molecule has 30 heavy (non-hydrogen) atoms. The maximum atomic E-state index is 12.5. The van der Waals surface area contributed by atoms with Crippen LogP contribution in [0.5, 0.6) is 0 Å². The molecule has 0 atom stereocenters. The SMILES string of the molecule is CCCn1c(CN2CCCC2)nc2cc(NC(=O)c3ccc([N+](=O)[O-])cc3)ccc21. The van der Waals surface area contributed by atoms with Crippen molar-refractivity contribution < 1.29 is 9.72 Å². The molecule has 2 heterocycles. The third-order valence-corrected chi connectivity index (χ3v) is 5.44. The second kappa shape index (κ2) is 8.62. The van der Waals surface area contributed by atoms with Crippen LogP contribution in [-0.4, -0.2) is 38.4 Å². The molecule has 8 heteroatoms. The van der Waals surface area contributed by atoms with Gasteiger partial charge < -0.3 is 9.88 Å². The standard InChI is InChI=1S/C22H25N5O3/c1-2-11-26-20-10-7-17(14-19(20)24-21(26)15-25-12-3-4-13-25)23-22(28)16-5-8-18(9-6-16)27(29)30/h5-10,14H,2-4,11-13,15H2,1H3,(H,23,28). The number of rotatable bonds is 7. The van der Waals surface area contributed by atoms with Gasteiger partial charge in [-0.1, -0.05) is 6.92 Å². The maximum Gasteiger partial charge on any atom is 0.269 e. The summed E-state index contributed by atoms with van der Waals surface area (Å²) in [5, 5.41) is 13.6. The van der Waals surface area contributed by atoms with Crippen LogP contribution in [0.1, 0.15) is 42.4 Å². The minimum absolute atomic E-state index is 0.0417. The normalized spacial score (nSPS) is 14.3. The van der Waals surface area contributed by atoms with Crippen LogP contribution in [0.3, 0.4) is 0 Å². The fourth-order valence-corrected chi connectivity index (χ4v) is 3.93. The van der Waals surface area contributed by atoms with Crippen molar-refractivity contribution in [3.05, 3.63) is 64.0 Å². The summed E-state index contributed by atoms with van der Waals surface area (Å²) in [6.07, 6.45) is 3.51. The molecule has 156 valence electrons. The van der Waals surface area contributed by atoms with Crippen LogP contribution in [-0.2, 0) is 13.1 Å². The van der Waals surface area contributed by atoms with Crippen molar-refractivity contribution >= 4 is 28.3 Å². The first-order chi connectivity index (χ1) is 14.5. The number of fused-ring (bicyclic) bond motifs is 1. The molecular formula is C22H25N5O3. The largest absolute Gasteiger partial charge is 0.327 e. The summed E-state index contributed by atoms with van der Waals surface area (Å²) in [6.45, 7) is 6.15. The Morgan fingerprint density at radius 3 is 2.57 bits per heavy atom. The Morgan fingerprint density at radius 1 is 1.17 bits per heavy atom. The van der Waals surface area contributed by atoms with Gasteiger partial charge in [0.05, 0.1) is 22.5 Å². The van der Waals surface area contributed by atoms with Gasteiger partial charge >= 0.3 is 0 Å². The van der Waals surface area contributed by atoms with Gasteiger partial charge in [-0.3, -0.25) is 19.8 Å². The number of benzene rings is 2. The van der Waals surface area contributed by atoms with Crippen molar-refractivity contribution in [3.8, 4) is 0 Å². The second-order valence-electron chi connectivity index (χ2n) is 7.62. The predicted octanol–water partition coefficient (Wildman–Crippen LogP) is 4.20. The Labute approximate surface area is 174 Å². The number of hydrogen-bond donors (Lipinski definition) is 1. The van der Waals surface area contributed by atoms with E-state index in [1.54, 1.807) is 0 Å². The minimum atomic E-state index is -0.484. The summed E-state index contributed by atoms with van der Waals surface area (Å²) < 4.78 is 2.27. The van der Waals surface area contributed by atoms with Gasteiger partial charge in [0.25, 0.3) is 11.6 Å². The van der Waals surface area contributed by atoms with Gasteiger partial charge in [-0.25, -0.2) is 4.98 Å². The molecule has 1 N–H and O–H groups in total. The van der Waals surface area contributed by atoms with Gasteiger partial charge in [0.1, 0.15) is 5.82 Å². The zero-order valence-corrected chi connectivity index (χ0v) is 17.0. The van der Waals surface area contributed by atoms with Crippen LogP contribution in [0, 0.1) is 10.1 Å².